The number of hydrogen-bond acceptors (Lipinski definition) is 1. The van der Waals surface area contributed by atoms with E-state index in [0.29, 0.717) is 5.56 Å². The number of carboxylic acid groups (broad SMARTS) is 1. The Balaban J connectivity index is 2.78. The molecule has 0 bridgehead atoms. The first kappa shape index (κ1) is 11.4. The van der Waals surface area contributed by atoms with Crippen molar-refractivity contribution in [2.45, 2.75) is 13.8 Å². The number of carbonyl (C=O) groups is 1. The molecule has 0 amide bonds. The van der Waals surface area contributed by atoms with Gasteiger partial charge in [0.1, 0.15) is 0 Å². The molecule has 1 N–H and O–H groups in total. The van der Waals surface area contributed by atoms with Crippen LogP contribution < -0.4 is 0 Å². The van der Waals surface area contributed by atoms with E-state index in [2.05, 4.69) is 6.58 Å². The van der Waals surface area contributed by atoms with Crippen LogP contribution in [0.4, 0.5) is 0 Å². The highest BCUT2D eigenvalue weighted by molar-refractivity contribution is 5.98. The highest BCUT2D eigenvalue weighted by Gasteiger charge is 2.16. The topological polar surface area (TPSA) is 37.3 Å². The Morgan fingerprint density at radius 1 is 1.18 bits per heavy atom. The van der Waals surface area contributed by atoms with Gasteiger partial charge in [0.25, 0.3) is 0 Å². The van der Waals surface area contributed by atoms with Crippen LogP contribution in [0.15, 0.2) is 36.9 Å². The summed E-state index contributed by atoms with van der Waals surface area (Å²) >= 11 is 0. The fraction of sp³-hybridized carbons (Fsp3) is 0.133. The van der Waals surface area contributed by atoms with Crippen LogP contribution in [0.3, 0.4) is 0 Å². The Bertz CT molecular complexity index is 582. The van der Waals surface area contributed by atoms with Crippen LogP contribution in [0, 0.1) is 6.92 Å². The summed E-state index contributed by atoms with van der Waals surface area (Å²) in [6.45, 7) is 7.80. The van der Waals surface area contributed by atoms with Crippen molar-refractivity contribution in [3.63, 3.8) is 0 Å². The molecule has 2 heteroatoms. The van der Waals surface area contributed by atoms with Gasteiger partial charge in [0.2, 0.25) is 0 Å². The monoisotopic (exact) mass is 226 g/mol. The maximum atomic E-state index is 11.1. The fourth-order valence-electron chi connectivity index (χ4n) is 1.95. The van der Waals surface area contributed by atoms with E-state index < -0.39 is 5.97 Å². The molecule has 0 atom stereocenters. The molecule has 0 fully saturated rings. The van der Waals surface area contributed by atoms with Crippen molar-refractivity contribution in [2.24, 2.45) is 0 Å². The smallest absolute Gasteiger partial charge is 0.336 e. The van der Waals surface area contributed by atoms with Gasteiger partial charge >= 0.3 is 5.97 Å². The Hall–Kier alpha value is -2.09. The van der Waals surface area contributed by atoms with Crippen molar-refractivity contribution in [1.29, 1.82) is 0 Å². The first-order chi connectivity index (χ1) is 8.00. The van der Waals surface area contributed by atoms with Gasteiger partial charge in [-0.2, -0.15) is 0 Å². The van der Waals surface area contributed by atoms with Crippen LogP contribution in [0.2, 0.25) is 0 Å². The molecule has 0 aromatic heterocycles. The minimum atomic E-state index is -0.890. The lowest BCUT2D eigenvalue weighted by molar-refractivity contribution is 0.0698. The van der Waals surface area contributed by atoms with Crippen LogP contribution in [0.25, 0.3) is 16.7 Å². The maximum Gasteiger partial charge on any atom is 0.336 e. The molecule has 86 valence electrons. The number of hydrogen-bond donors (Lipinski definition) is 1. The SMILES string of the molecule is C=C(C)c1ccc(C)c2ccc(C(=O)O)c-2c1. The summed E-state index contributed by atoms with van der Waals surface area (Å²) in [6, 6.07) is 9.38. The number of rotatable bonds is 2. The van der Waals surface area contributed by atoms with E-state index in [9.17, 15) is 4.79 Å². The van der Waals surface area contributed by atoms with Crippen LogP contribution in [0.5, 0.6) is 0 Å². The second-order valence-electron chi connectivity index (χ2n) is 4.28. The summed E-state index contributed by atoms with van der Waals surface area (Å²) in [6.07, 6.45) is 0. The molecule has 2 aliphatic carbocycles. The Kier molecular flexibility index (Phi) is 2.72. The normalized spacial score (nSPS) is 10.5. The first-order valence-corrected chi connectivity index (χ1v) is 5.43. The average Bonchev–Trinajstić information content (AvgIpc) is 2.60. The third-order valence-electron chi connectivity index (χ3n) is 2.96. The quantitative estimate of drug-likeness (QED) is 0.844. The van der Waals surface area contributed by atoms with Crippen molar-refractivity contribution in [2.75, 3.05) is 0 Å². The van der Waals surface area contributed by atoms with E-state index in [-0.39, 0.29) is 0 Å². The van der Waals surface area contributed by atoms with Gasteiger partial charge < -0.3 is 5.11 Å². The van der Waals surface area contributed by atoms with Crippen molar-refractivity contribution in [3.8, 4) is 11.1 Å². The van der Waals surface area contributed by atoms with E-state index in [1.54, 1.807) is 6.07 Å². The van der Waals surface area contributed by atoms with Crippen molar-refractivity contribution >= 4 is 11.5 Å². The predicted molar refractivity (Wildman–Crippen MR) is 69.5 cm³/mol. The van der Waals surface area contributed by atoms with Crippen molar-refractivity contribution < 1.29 is 9.90 Å². The Labute approximate surface area is 101 Å². The number of fused-ring (bicyclic) bond motifs is 1. The molecule has 2 aliphatic rings. The molecule has 0 aromatic carbocycles. The summed E-state index contributed by atoms with van der Waals surface area (Å²) in [5.74, 6) is -0.890. The highest BCUT2D eigenvalue weighted by atomic mass is 16.4. The van der Waals surface area contributed by atoms with Crippen molar-refractivity contribution in [3.05, 3.63) is 53.6 Å². The van der Waals surface area contributed by atoms with Crippen LogP contribution in [-0.4, -0.2) is 11.1 Å². The van der Waals surface area contributed by atoms with Gasteiger partial charge in [0.15, 0.2) is 0 Å². The lowest BCUT2D eigenvalue weighted by Gasteiger charge is -2.00. The minimum Gasteiger partial charge on any atom is -0.478 e. The van der Waals surface area contributed by atoms with Gasteiger partial charge in [-0.15, -0.1) is 0 Å². The summed E-state index contributed by atoms with van der Waals surface area (Å²) in [5.41, 5.74) is 5.07. The lowest BCUT2D eigenvalue weighted by Crippen LogP contribution is -1.95. The van der Waals surface area contributed by atoms with Gasteiger partial charge in [0, 0.05) is 0 Å². The number of aromatic carboxylic acids is 1. The molecule has 0 radical (unpaired) electrons. The molecule has 2 rings (SSSR count). The summed E-state index contributed by atoms with van der Waals surface area (Å²) in [7, 11) is 0. The van der Waals surface area contributed by atoms with Gasteiger partial charge in [0.05, 0.1) is 5.56 Å². The van der Waals surface area contributed by atoms with E-state index in [1.165, 1.54) is 0 Å². The lowest BCUT2D eigenvalue weighted by atomic mass is 10.0. The molecule has 0 unspecified atom stereocenters. The standard InChI is InChI=1S/C15H14O2/c1-9(2)11-5-4-10(3)12-6-7-13(15(16)17)14(12)8-11/h4-8H,1H2,2-3H3,(H,16,17). The van der Waals surface area contributed by atoms with E-state index in [1.807, 2.05) is 38.1 Å². The first-order valence-electron chi connectivity index (χ1n) is 5.43. The summed E-state index contributed by atoms with van der Waals surface area (Å²) in [4.78, 5) is 11.1. The molecule has 17 heavy (non-hydrogen) atoms. The molecule has 0 aliphatic heterocycles. The molecule has 0 saturated carbocycles. The number of aryl methyl sites for hydroxylation is 1. The third kappa shape index (κ3) is 1.94. The van der Waals surface area contributed by atoms with Gasteiger partial charge in [-0.1, -0.05) is 30.4 Å². The third-order valence-corrected chi connectivity index (χ3v) is 2.96. The average molecular weight is 226 g/mol. The largest absolute Gasteiger partial charge is 0.478 e. The second kappa shape index (κ2) is 4.06. The summed E-state index contributed by atoms with van der Waals surface area (Å²) < 4.78 is 0. The summed E-state index contributed by atoms with van der Waals surface area (Å²) in [5, 5.41) is 9.15. The zero-order chi connectivity index (χ0) is 12.6. The zero-order valence-corrected chi connectivity index (χ0v) is 9.95. The van der Waals surface area contributed by atoms with E-state index in [0.717, 1.165) is 27.8 Å². The van der Waals surface area contributed by atoms with Crippen LogP contribution in [0.1, 0.15) is 28.4 Å². The second-order valence-corrected chi connectivity index (χ2v) is 4.28. The Morgan fingerprint density at radius 3 is 2.47 bits per heavy atom. The molecule has 2 nitrogen and oxygen atoms in total. The molecule has 0 heterocycles. The van der Waals surface area contributed by atoms with Gasteiger partial charge in [-0.3, -0.25) is 0 Å². The Morgan fingerprint density at radius 2 is 1.88 bits per heavy atom. The number of allylic oxidation sites excluding steroid dienone is 1. The zero-order valence-electron chi connectivity index (χ0n) is 9.95. The fourth-order valence-corrected chi connectivity index (χ4v) is 1.95. The molecule has 0 aromatic rings. The predicted octanol–water partition coefficient (Wildman–Crippen LogP) is 3.83. The molecule has 0 spiro atoms. The van der Waals surface area contributed by atoms with Gasteiger partial charge in [-0.05, 0) is 48.2 Å². The van der Waals surface area contributed by atoms with E-state index >= 15 is 0 Å². The molecular formula is C15H14O2. The highest BCUT2D eigenvalue weighted by Crippen LogP contribution is 2.32. The van der Waals surface area contributed by atoms with Crippen LogP contribution >= 0.6 is 0 Å². The van der Waals surface area contributed by atoms with E-state index in [4.69, 9.17) is 5.11 Å². The maximum absolute atomic E-state index is 11.1. The number of carboxylic acids is 1. The minimum absolute atomic E-state index is 0.349. The van der Waals surface area contributed by atoms with Crippen LogP contribution in [-0.2, 0) is 0 Å². The van der Waals surface area contributed by atoms with Crippen molar-refractivity contribution in [1.82, 2.24) is 0 Å². The molecular weight excluding hydrogens is 212 g/mol. The molecule has 0 saturated heterocycles. The van der Waals surface area contributed by atoms with Gasteiger partial charge in [-0.25, -0.2) is 4.79 Å².